The van der Waals surface area contributed by atoms with Gasteiger partial charge in [-0.2, -0.15) is 0 Å². The Morgan fingerprint density at radius 2 is 2.00 bits per heavy atom. The molecule has 1 aliphatic heterocycles. The molecule has 2 aliphatic rings. The van der Waals surface area contributed by atoms with Crippen molar-refractivity contribution in [3.05, 3.63) is 0 Å². The molecule has 2 rings (SSSR count). The molecule has 2 fully saturated rings. The van der Waals surface area contributed by atoms with Crippen molar-refractivity contribution in [2.45, 2.75) is 57.9 Å². The first-order valence-corrected chi connectivity index (χ1v) is 6.64. The van der Waals surface area contributed by atoms with E-state index in [0.717, 1.165) is 25.7 Å². The number of carbonyl (C=O) groups is 2. The van der Waals surface area contributed by atoms with Gasteiger partial charge in [0.2, 0.25) is 5.91 Å². The quantitative estimate of drug-likeness (QED) is 0.747. The van der Waals surface area contributed by atoms with Gasteiger partial charge in [-0.05, 0) is 19.8 Å². The summed E-state index contributed by atoms with van der Waals surface area (Å²) in [6.45, 7) is 2.18. The van der Waals surface area contributed by atoms with E-state index in [1.165, 1.54) is 12.8 Å². The molecule has 1 spiro atoms. The van der Waals surface area contributed by atoms with Gasteiger partial charge in [-0.3, -0.25) is 4.79 Å². The monoisotopic (exact) mass is 239 g/mol. The summed E-state index contributed by atoms with van der Waals surface area (Å²) in [5.41, 5.74) is -0.167. The van der Waals surface area contributed by atoms with Gasteiger partial charge in [0.1, 0.15) is 6.04 Å². The average molecular weight is 239 g/mol. The van der Waals surface area contributed by atoms with Crippen molar-refractivity contribution in [2.75, 3.05) is 6.61 Å². The van der Waals surface area contributed by atoms with Gasteiger partial charge in [-0.1, -0.05) is 25.7 Å². The lowest BCUT2D eigenvalue weighted by Crippen LogP contribution is -2.44. The topological polar surface area (TPSA) is 55.4 Å². The summed E-state index contributed by atoms with van der Waals surface area (Å²) < 4.78 is 5.09. The summed E-state index contributed by atoms with van der Waals surface area (Å²) in [5, 5.41) is 2.81. The summed E-state index contributed by atoms with van der Waals surface area (Å²) in [7, 11) is 0. The van der Waals surface area contributed by atoms with Crippen molar-refractivity contribution in [3.8, 4) is 0 Å². The van der Waals surface area contributed by atoms with E-state index < -0.39 is 6.04 Å². The molecule has 0 bridgehead atoms. The van der Waals surface area contributed by atoms with E-state index in [4.69, 9.17) is 4.74 Å². The molecule has 1 amide bonds. The third kappa shape index (κ3) is 2.45. The fourth-order valence-corrected chi connectivity index (χ4v) is 3.22. The van der Waals surface area contributed by atoms with Crippen LogP contribution in [0.2, 0.25) is 0 Å². The number of amides is 1. The highest BCUT2D eigenvalue weighted by Crippen LogP contribution is 2.44. The lowest BCUT2D eigenvalue weighted by atomic mass is 9.74. The van der Waals surface area contributed by atoms with Crippen LogP contribution in [0.15, 0.2) is 0 Å². The van der Waals surface area contributed by atoms with Gasteiger partial charge in [0.25, 0.3) is 0 Å². The van der Waals surface area contributed by atoms with Gasteiger partial charge in [0.05, 0.1) is 6.61 Å². The molecule has 4 heteroatoms. The first-order valence-electron chi connectivity index (χ1n) is 6.64. The van der Waals surface area contributed by atoms with E-state index in [2.05, 4.69) is 5.32 Å². The molecule has 1 heterocycles. The first-order chi connectivity index (χ1) is 8.18. The Kier molecular flexibility index (Phi) is 3.69. The van der Waals surface area contributed by atoms with E-state index in [9.17, 15) is 9.59 Å². The Balaban J connectivity index is 2.16. The molecule has 0 aromatic rings. The van der Waals surface area contributed by atoms with Crippen molar-refractivity contribution in [3.63, 3.8) is 0 Å². The molecule has 1 saturated carbocycles. The minimum Gasteiger partial charge on any atom is -0.464 e. The summed E-state index contributed by atoms with van der Waals surface area (Å²) in [6.07, 6.45) is 7.09. The number of hydrogen-bond acceptors (Lipinski definition) is 3. The number of ether oxygens (including phenoxy) is 1. The zero-order valence-electron chi connectivity index (χ0n) is 10.5. The minimum absolute atomic E-state index is 0.00459. The van der Waals surface area contributed by atoms with Gasteiger partial charge in [-0.15, -0.1) is 0 Å². The second-order valence-corrected chi connectivity index (χ2v) is 5.21. The normalized spacial score (nSPS) is 27.6. The molecule has 0 aromatic carbocycles. The Morgan fingerprint density at radius 1 is 1.35 bits per heavy atom. The predicted octanol–water partition coefficient (Wildman–Crippen LogP) is 1.78. The van der Waals surface area contributed by atoms with E-state index in [1.807, 2.05) is 0 Å². The maximum atomic E-state index is 11.9. The lowest BCUT2D eigenvalue weighted by molar-refractivity contribution is -0.148. The van der Waals surface area contributed by atoms with Crippen molar-refractivity contribution in [1.29, 1.82) is 0 Å². The van der Waals surface area contributed by atoms with E-state index in [0.29, 0.717) is 13.0 Å². The third-order valence-electron chi connectivity index (χ3n) is 4.05. The maximum Gasteiger partial charge on any atom is 0.329 e. The zero-order valence-corrected chi connectivity index (χ0v) is 10.5. The maximum absolute atomic E-state index is 11.9. The van der Waals surface area contributed by atoms with E-state index in [1.54, 1.807) is 6.92 Å². The summed E-state index contributed by atoms with van der Waals surface area (Å²) in [5.74, 6) is -0.245. The van der Waals surface area contributed by atoms with Crippen LogP contribution in [0.1, 0.15) is 51.9 Å². The number of rotatable bonds is 2. The lowest BCUT2D eigenvalue weighted by Gasteiger charge is -2.31. The average Bonchev–Trinajstić information content (AvgIpc) is 2.47. The molecule has 17 heavy (non-hydrogen) atoms. The molecule has 1 N–H and O–H groups in total. The van der Waals surface area contributed by atoms with Gasteiger partial charge < -0.3 is 10.1 Å². The number of nitrogens with one attached hydrogen (secondary N) is 1. The van der Waals surface area contributed by atoms with Crippen LogP contribution >= 0.6 is 0 Å². The summed E-state index contributed by atoms with van der Waals surface area (Å²) >= 11 is 0. The van der Waals surface area contributed by atoms with Crippen LogP contribution in [0.25, 0.3) is 0 Å². The molecular weight excluding hydrogens is 218 g/mol. The van der Waals surface area contributed by atoms with Crippen LogP contribution < -0.4 is 5.32 Å². The Morgan fingerprint density at radius 3 is 2.59 bits per heavy atom. The second-order valence-electron chi connectivity index (χ2n) is 5.21. The predicted molar refractivity (Wildman–Crippen MR) is 63.3 cm³/mol. The SMILES string of the molecule is CCOC(=O)C1NC(=O)CC12CCCCCC2. The van der Waals surface area contributed by atoms with Gasteiger partial charge >= 0.3 is 5.97 Å². The molecule has 0 radical (unpaired) electrons. The summed E-state index contributed by atoms with van der Waals surface area (Å²) in [6, 6.07) is -0.409. The molecule has 0 aromatic heterocycles. The standard InChI is InChI=1S/C13H21NO3/c1-2-17-12(16)11-13(9-10(15)14-11)7-5-3-4-6-8-13/h11H,2-9H2,1H3,(H,14,15). The van der Waals surface area contributed by atoms with Gasteiger partial charge in [0, 0.05) is 11.8 Å². The van der Waals surface area contributed by atoms with Crippen LogP contribution in [0, 0.1) is 5.41 Å². The molecule has 96 valence electrons. The Hall–Kier alpha value is -1.06. The van der Waals surface area contributed by atoms with Crippen LogP contribution in [-0.4, -0.2) is 24.5 Å². The van der Waals surface area contributed by atoms with E-state index in [-0.39, 0.29) is 17.3 Å². The molecular formula is C13H21NO3. The highest BCUT2D eigenvalue weighted by molar-refractivity contribution is 5.90. The van der Waals surface area contributed by atoms with E-state index >= 15 is 0 Å². The number of carbonyl (C=O) groups excluding carboxylic acids is 2. The molecule has 1 saturated heterocycles. The van der Waals surface area contributed by atoms with Crippen molar-refractivity contribution < 1.29 is 14.3 Å². The van der Waals surface area contributed by atoms with Crippen molar-refractivity contribution in [2.24, 2.45) is 5.41 Å². The largest absolute Gasteiger partial charge is 0.464 e. The van der Waals surface area contributed by atoms with Crippen molar-refractivity contribution in [1.82, 2.24) is 5.32 Å². The molecule has 1 atom stereocenters. The molecule has 1 unspecified atom stereocenters. The highest BCUT2D eigenvalue weighted by atomic mass is 16.5. The summed E-state index contributed by atoms with van der Waals surface area (Å²) in [4.78, 5) is 23.6. The minimum atomic E-state index is -0.409. The molecule has 4 nitrogen and oxygen atoms in total. The fraction of sp³-hybridized carbons (Fsp3) is 0.846. The van der Waals surface area contributed by atoms with Gasteiger partial charge in [0.15, 0.2) is 0 Å². The van der Waals surface area contributed by atoms with Crippen LogP contribution in [0.5, 0.6) is 0 Å². The Labute approximate surface area is 102 Å². The van der Waals surface area contributed by atoms with Crippen molar-refractivity contribution >= 4 is 11.9 Å². The first kappa shape index (κ1) is 12.4. The Bertz CT molecular complexity index is 306. The third-order valence-corrected chi connectivity index (χ3v) is 4.05. The number of esters is 1. The smallest absolute Gasteiger partial charge is 0.329 e. The van der Waals surface area contributed by atoms with Gasteiger partial charge in [-0.25, -0.2) is 4.79 Å². The number of hydrogen-bond donors (Lipinski definition) is 1. The van der Waals surface area contributed by atoms with Crippen LogP contribution in [-0.2, 0) is 14.3 Å². The van der Waals surface area contributed by atoms with Crippen LogP contribution in [0.3, 0.4) is 0 Å². The van der Waals surface area contributed by atoms with Crippen LogP contribution in [0.4, 0.5) is 0 Å². The molecule has 1 aliphatic carbocycles. The zero-order chi connectivity index (χ0) is 12.3. The fourth-order valence-electron chi connectivity index (χ4n) is 3.22. The second kappa shape index (κ2) is 5.07. The highest BCUT2D eigenvalue weighted by Gasteiger charge is 2.50.